The average Bonchev–Trinajstić information content (AvgIpc) is 3.19. The number of aromatic nitrogens is 4. The number of ether oxygens (including phenoxy) is 2. The van der Waals surface area contributed by atoms with Gasteiger partial charge in [0.25, 0.3) is 5.91 Å². The van der Waals surface area contributed by atoms with Crippen LogP contribution in [0.5, 0.6) is 0 Å². The van der Waals surface area contributed by atoms with Crippen LogP contribution in [0.15, 0.2) is 33.9 Å². The van der Waals surface area contributed by atoms with Crippen molar-refractivity contribution in [2.75, 3.05) is 38.4 Å². The largest absolute Gasteiger partial charge is 0.373 e. The van der Waals surface area contributed by atoms with Gasteiger partial charge in [-0.05, 0) is 42.0 Å². The Morgan fingerprint density at radius 1 is 1.19 bits per heavy atom. The van der Waals surface area contributed by atoms with E-state index >= 15 is 0 Å². The van der Waals surface area contributed by atoms with Crippen molar-refractivity contribution in [2.45, 2.75) is 49.9 Å². The minimum Gasteiger partial charge on any atom is -0.373 e. The standard InChI is InChI=1S/C26H29BrN6O3S/c1-31(2)24(34)21-10-18-12-32(7-4-8-33(18)30-21)23-19-14-36-26(11-22(19)28-25(29-23)37-3)15-35-13-16-5-6-17(27)9-20(16)26/h5-6,9-10H,4,7-8,11-15H2,1-3H3. The summed E-state index contributed by atoms with van der Waals surface area (Å²) in [5, 5.41) is 5.33. The number of halogens is 1. The van der Waals surface area contributed by atoms with Gasteiger partial charge in [-0.25, -0.2) is 9.97 Å². The van der Waals surface area contributed by atoms with E-state index < -0.39 is 5.60 Å². The third-order valence-corrected chi connectivity index (χ3v) is 8.31. The lowest BCUT2D eigenvalue weighted by atomic mass is 9.82. The first kappa shape index (κ1) is 24.8. The molecule has 0 saturated heterocycles. The van der Waals surface area contributed by atoms with Gasteiger partial charge >= 0.3 is 0 Å². The van der Waals surface area contributed by atoms with Crippen LogP contribution < -0.4 is 4.90 Å². The fourth-order valence-electron chi connectivity index (χ4n) is 5.42. The summed E-state index contributed by atoms with van der Waals surface area (Å²) in [6.45, 7) is 3.71. The van der Waals surface area contributed by atoms with Gasteiger partial charge in [-0.1, -0.05) is 33.8 Å². The highest BCUT2D eigenvalue weighted by molar-refractivity contribution is 9.10. The predicted molar refractivity (Wildman–Crippen MR) is 144 cm³/mol. The van der Waals surface area contributed by atoms with E-state index in [0.717, 1.165) is 57.5 Å². The summed E-state index contributed by atoms with van der Waals surface area (Å²) in [6, 6.07) is 8.21. The first-order valence-corrected chi connectivity index (χ1v) is 14.4. The minimum atomic E-state index is -0.565. The molecule has 0 saturated carbocycles. The van der Waals surface area contributed by atoms with Gasteiger partial charge in [-0.15, -0.1) is 0 Å². The summed E-state index contributed by atoms with van der Waals surface area (Å²) >= 11 is 5.18. The zero-order valence-electron chi connectivity index (χ0n) is 21.2. The lowest BCUT2D eigenvalue weighted by Crippen LogP contribution is -2.44. The Kier molecular flexibility index (Phi) is 6.50. The second kappa shape index (κ2) is 9.68. The van der Waals surface area contributed by atoms with E-state index in [4.69, 9.17) is 19.4 Å². The molecule has 0 N–H and O–H groups in total. The number of aryl methyl sites for hydroxylation is 1. The van der Waals surface area contributed by atoms with Gasteiger partial charge in [0.2, 0.25) is 0 Å². The van der Waals surface area contributed by atoms with Crippen molar-refractivity contribution in [3.8, 4) is 0 Å². The molecule has 0 bridgehead atoms. The number of hydrogen-bond donors (Lipinski definition) is 0. The number of fused-ring (bicyclic) bond motifs is 4. The highest BCUT2D eigenvalue weighted by Gasteiger charge is 2.44. The van der Waals surface area contributed by atoms with E-state index in [1.807, 2.05) is 23.1 Å². The molecule has 5 heterocycles. The van der Waals surface area contributed by atoms with Crippen molar-refractivity contribution in [2.24, 2.45) is 0 Å². The van der Waals surface area contributed by atoms with E-state index in [1.54, 1.807) is 30.8 Å². The molecule has 3 aliphatic rings. The quantitative estimate of drug-likeness (QED) is 0.340. The van der Waals surface area contributed by atoms with Gasteiger partial charge in [0.1, 0.15) is 11.4 Å². The number of benzene rings is 1. The Hall–Kier alpha value is -2.47. The predicted octanol–water partition coefficient (Wildman–Crippen LogP) is 3.77. The monoisotopic (exact) mass is 584 g/mol. The molecule has 9 nitrogen and oxygen atoms in total. The van der Waals surface area contributed by atoms with Crippen LogP contribution in [0.2, 0.25) is 0 Å². The lowest BCUT2D eigenvalue weighted by molar-refractivity contribution is -0.136. The van der Waals surface area contributed by atoms with Crippen LogP contribution in [-0.4, -0.2) is 64.1 Å². The van der Waals surface area contributed by atoms with E-state index in [9.17, 15) is 4.79 Å². The maximum absolute atomic E-state index is 12.5. The maximum Gasteiger partial charge on any atom is 0.273 e. The molecule has 1 amide bonds. The minimum absolute atomic E-state index is 0.0866. The molecule has 194 valence electrons. The smallest absolute Gasteiger partial charge is 0.273 e. The first-order chi connectivity index (χ1) is 17.9. The lowest BCUT2D eigenvalue weighted by Gasteiger charge is -2.42. The van der Waals surface area contributed by atoms with Crippen LogP contribution in [0.4, 0.5) is 5.82 Å². The highest BCUT2D eigenvalue weighted by atomic mass is 79.9. The Labute approximate surface area is 228 Å². The van der Waals surface area contributed by atoms with Crippen molar-refractivity contribution in [1.29, 1.82) is 0 Å². The number of rotatable bonds is 3. The molecule has 0 radical (unpaired) electrons. The first-order valence-electron chi connectivity index (χ1n) is 12.3. The number of thioether (sulfide) groups is 1. The second-order valence-electron chi connectivity index (χ2n) is 9.93. The van der Waals surface area contributed by atoms with Gasteiger partial charge in [0.05, 0.1) is 37.8 Å². The van der Waals surface area contributed by atoms with Crippen molar-refractivity contribution in [3.63, 3.8) is 0 Å². The molecule has 1 unspecified atom stereocenters. The van der Waals surface area contributed by atoms with E-state index in [0.29, 0.717) is 38.5 Å². The fourth-order valence-corrected chi connectivity index (χ4v) is 6.16. The molecule has 1 spiro atoms. The molecule has 0 aliphatic carbocycles. The van der Waals surface area contributed by atoms with Crippen LogP contribution in [0.1, 0.15) is 45.0 Å². The molecule has 3 aliphatic heterocycles. The second-order valence-corrected chi connectivity index (χ2v) is 11.6. The molecule has 2 aromatic heterocycles. The highest BCUT2D eigenvalue weighted by Crippen LogP contribution is 2.43. The summed E-state index contributed by atoms with van der Waals surface area (Å²) in [4.78, 5) is 26.3. The summed E-state index contributed by atoms with van der Waals surface area (Å²) in [6.07, 6.45) is 3.53. The van der Waals surface area contributed by atoms with E-state index in [2.05, 4.69) is 38.1 Å². The Balaban J connectivity index is 1.37. The molecule has 3 aromatic rings. The number of carbonyl (C=O) groups excluding carboxylic acids is 1. The average molecular weight is 586 g/mol. The van der Waals surface area contributed by atoms with Crippen molar-refractivity contribution >= 4 is 39.4 Å². The van der Waals surface area contributed by atoms with Gasteiger partial charge in [-0.2, -0.15) is 5.10 Å². The Morgan fingerprint density at radius 2 is 2.05 bits per heavy atom. The number of carbonyl (C=O) groups is 1. The number of hydrogen-bond acceptors (Lipinski definition) is 8. The summed E-state index contributed by atoms with van der Waals surface area (Å²) < 4.78 is 15.6. The van der Waals surface area contributed by atoms with Gasteiger partial charge in [0.15, 0.2) is 10.9 Å². The zero-order valence-corrected chi connectivity index (χ0v) is 23.6. The number of anilines is 1. The molecular weight excluding hydrogens is 556 g/mol. The van der Waals surface area contributed by atoms with Gasteiger partial charge < -0.3 is 19.3 Å². The molecule has 6 rings (SSSR count). The third-order valence-electron chi connectivity index (χ3n) is 7.27. The van der Waals surface area contributed by atoms with Crippen molar-refractivity contribution in [3.05, 3.63) is 62.5 Å². The topological polar surface area (TPSA) is 85.6 Å². The fraction of sp³-hybridized carbons (Fsp3) is 0.462. The van der Waals surface area contributed by atoms with Crippen LogP contribution in [0, 0.1) is 0 Å². The maximum atomic E-state index is 12.5. The Morgan fingerprint density at radius 3 is 2.86 bits per heavy atom. The summed E-state index contributed by atoms with van der Waals surface area (Å²) in [7, 11) is 3.50. The molecule has 1 atom stereocenters. The summed E-state index contributed by atoms with van der Waals surface area (Å²) in [5.74, 6) is 0.821. The number of nitrogens with zero attached hydrogens (tertiary/aromatic N) is 6. The number of amides is 1. The normalized spacial score (nSPS) is 20.7. The van der Waals surface area contributed by atoms with Crippen molar-refractivity contribution in [1.82, 2.24) is 24.6 Å². The zero-order chi connectivity index (χ0) is 25.7. The molecule has 11 heteroatoms. The van der Waals surface area contributed by atoms with Gasteiger partial charge in [-0.3, -0.25) is 9.48 Å². The van der Waals surface area contributed by atoms with Crippen molar-refractivity contribution < 1.29 is 14.3 Å². The van der Waals surface area contributed by atoms with Gasteiger partial charge in [0, 0.05) is 43.6 Å². The Bertz CT molecular complexity index is 1380. The molecule has 37 heavy (non-hydrogen) atoms. The summed E-state index contributed by atoms with van der Waals surface area (Å²) in [5.41, 5.74) is 5.28. The molecular formula is C26H29BrN6O3S. The van der Waals surface area contributed by atoms with Crippen LogP contribution in [-0.2, 0) is 47.8 Å². The third kappa shape index (κ3) is 4.45. The molecule has 0 fully saturated rings. The SMILES string of the molecule is CSc1nc2c(c(N3CCCn4nc(C(=O)N(C)C)cc4C3)n1)COC1(COCc3ccc(Br)cc31)C2. The van der Waals surface area contributed by atoms with E-state index in [-0.39, 0.29) is 5.91 Å². The van der Waals surface area contributed by atoms with Crippen LogP contribution in [0.3, 0.4) is 0 Å². The van der Waals surface area contributed by atoms with Crippen LogP contribution in [0.25, 0.3) is 0 Å². The van der Waals surface area contributed by atoms with Crippen LogP contribution >= 0.6 is 27.7 Å². The molecule has 1 aromatic carbocycles. The van der Waals surface area contributed by atoms with E-state index in [1.165, 1.54) is 5.56 Å².